The predicted molar refractivity (Wildman–Crippen MR) is 73.3 cm³/mol. The first-order chi connectivity index (χ1) is 8.00. The van der Waals surface area contributed by atoms with Crippen molar-refractivity contribution in [2.24, 2.45) is 5.92 Å². The standard InChI is InChI=1S/C14H28N2O/c1-11(2)10-17-7-6-16-9-14(12(3)4)15-8-13(16)5/h12-15H,1,6-10H2,2-5H3. The van der Waals surface area contributed by atoms with E-state index in [1.54, 1.807) is 0 Å². The minimum Gasteiger partial charge on any atom is -0.376 e. The summed E-state index contributed by atoms with van der Waals surface area (Å²) >= 11 is 0. The molecule has 100 valence electrons. The van der Waals surface area contributed by atoms with E-state index < -0.39 is 0 Å². The minimum atomic E-state index is 0.610. The van der Waals surface area contributed by atoms with Crippen LogP contribution < -0.4 is 5.32 Å². The summed E-state index contributed by atoms with van der Waals surface area (Å²) in [6.07, 6.45) is 0. The van der Waals surface area contributed by atoms with Gasteiger partial charge in [-0.3, -0.25) is 4.90 Å². The van der Waals surface area contributed by atoms with Crippen molar-refractivity contribution >= 4 is 0 Å². The maximum Gasteiger partial charge on any atom is 0.0672 e. The van der Waals surface area contributed by atoms with Crippen LogP contribution in [0.2, 0.25) is 0 Å². The summed E-state index contributed by atoms with van der Waals surface area (Å²) in [5.74, 6) is 0.696. The molecule has 1 fully saturated rings. The molecule has 0 aromatic heterocycles. The third kappa shape index (κ3) is 5.19. The lowest BCUT2D eigenvalue weighted by atomic mass is 10.00. The van der Waals surface area contributed by atoms with E-state index >= 15 is 0 Å². The maximum absolute atomic E-state index is 5.58. The van der Waals surface area contributed by atoms with E-state index in [9.17, 15) is 0 Å². The van der Waals surface area contributed by atoms with Gasteiger partial charge >= 0.3 is 0 Å². The molecule has 0 aromatic carbocycles. The van der Waals surface area contributed by atoms with Crippen molar-refractivity contribution in [3.05, 3.63) is 12.2 Å². The maximum atomic E-state index is 5.58. The highest BCUT2D eigenvalue weighted by Gasteiger charge is 2.26. The molecule has 1 heterocycles. The first kappa shape index (κ1) is 14.7. The van der Waals surface area contributed by atoms with E-state index in [0.29, 0.717) is 24.6 Å². The van der Waals surface area contributed by atoms with Gasteiger partial charge < -0.3 is 10.1 Å². The van der Waals surface area contributed by atoms with Gasteiger partial charge in [-0.15, -0.1) is 0 Å². The summed E-state index contributed by atoms with van der Waals surface area (Å²) in [4.78, 5) is 2.53. The van der Waals surface area contributed by atoms with Gasteiger partial charge in [0.25, 0.3) is 0 Å². The molecule has 3 nitrogen and oxygen atoms in total. The average Bonchev–Trinajstić information content (AvgIpc) is 2.25. The summed E-state index contributed by atoms with van der Waals surface area (Å²) in [5.41, 5.74) is 1.10. The zero-order chi connectivity index (χ0) is 12.8. The Kier molecular flexibility index (Phi) is 6.17. The molecule has 3 heteroatoms. The molecule has 2 unspecified atom stereocenters. The Morgan fingerprint density at radius 3 is 2.82 bits per heavy atom. The highest BCUT2D eigenvalue weighted by Crippen LogP contribution is 2.12. The second-order valence-corrected chi connectivity index (χ2v) is 5.61. The first-order valence-electron chi connectivity index (χ1n) is 6.70. The number of nitrogens with zero attached hydrogens (tertiary/aromatic N) is 1. The van der Waals surface area contributed by atoms with Crippen molar-refractivity contribution in [2.75, 3.05) is 32.8 Å². The molecule has 17 heavy (non-hydrogen) atoms. The summed E-state index contributed by atoms with van der Waals surface area (Å²) in [6, 6.07) is 1.23. The SMILES string of the molecule is C=C(C)COCCN1CC(C(C)C)NCC1C. The van der Waals surface area contributed by atoms with Crippen LogP contribution in [-0.2, 0) is 4.74 Å². The smallest absolute Gasteiger partial charge is 0.0672 e. The lowest BCUT2D eigenvalue weighted by Gasteiger charge is -2.40. The van der Waals surface area contributed by atoms with Crippen molar-refractivity contribution in [2.45, 2.75) is 39.8 Å². The molecular weight excluding hydrogens is 212 g/mol. The van der Waals surface area contributed by atoms with Crippen molar-refractivity contribution < 1.29 is 4.74 Å². The van der Waals surface area contributed by atoms with Gasteiger partial charge in [0.2, 0.25) is 0 Å². The fraction of sp³-hybridized carbons (Fsp3) is 0.857. The summed E-state index contributed by atoms with van der Waals surface area (Å²) in [7, 11) is 0. The molecule has 1 saturated heterocycles. The lowest BCUT2D eigenvalue weighted by molar-refractivity contribution is 0.0719. The van der Waals surface area contributed by atoms with Crippen LogP contribution in [0.1, 0.15) is 27.7 Å². The van der Waals surface area contributed by atoms with Gasteiger partial charge in [-0.05, 0) is 19.8 Å². The van der Waals surface area contributed by atoms with Gasteiger partial charge in [0.1, 0.15) is 0 Å². The van der Waals surface area contributed by atoms with Crippen LogP contribution in [0, 0.1) is 5.92 Å². The van der Waals surface area contributed by atoms with E-state index in [1.165, 1.54) is 0 Å². The number of hydrogen-bond donors (Lipinski definition) is 1. The van der Waals surface area contributed by atoms with Crippen LogP contribution >= 0.6 is 0 Å². The van der Waals surface area contributed by atoms with E-state index in [1.807, 2.05) is 6.92 Å². The topological polar surface area (TPSA) is 24.5 Å². The summed E-state index contributed by atoms with van der Waals surface area (Å²) < 4.78 is 5.58. The minimum absolute atomic E-state index is 0.610. The fourth-order valence-electron chi connectivity index (χ4n) is 2.13. The molecule has 0 radical (unpaired) electrons. The molecule has 0 aliphatic carbocycles. The molecule has 1 N–H and O–H groups in total. The van der Waals surface area contributed by atoms with Crippen LogP contribution in [0.3, 0.4) is 0 Å². The third-order valence-electron chi connectivity index (χ3n) is 3.41. The van der Waals surface area contributed by atoms with Gasteiger partial charge in [0.05, 0.1) is 13.2 Å². The third-order valence-corrected chi connectivity index (χ3v) is 3.41. The molecule has 1 aliphatic heterocycles. The molecular formula is C14H28N2O. The molecule has 0 bridgehead atoms. The Morgan fingerprint density at radius 1 is 1.53 bits per heavy atom. The Balaban J connectivity index is 2.27. The normalized spacial score (nSPS) is 26.4. The Labute approximate surface area is 106 Å². The van der Waals surface area contributed by atoms with Crippen molar-refractivity contribution in [3.63, 3.8) is 0 Å². The quantitative estimate of drug-likeness (QED) is 0.567. The van der Waals surface area contributed by atoms with Gasteiger partial charge in [-0.25, -0.2) is 0 Å². The monoisotopic (exact) mass is 240 g/mol. The lowest BCUT2D eigenvalue weighted by Crippen LogP contribution is -2.57. The first-order valence-corrected chi connectivity index (χ1v) is 6.70. The molecule has 0 saturated carbocycles. The molecule has 2 atom stereocenters. The Hall–Kier alpha value is -0.380. The van der Waals surface area contributed by atoms with Crippen molar-refractivity contribution in [1.82, 2.24) is 10.2 Å². The summed E-state index contributed by atoms with van der Waals surface area (Å²) in [6.45, 7) is 17.4. The zero-order valence-electron chi connectivity index (χ0n) is 11.8. The molecule has 0 aromatic rings. The number of ether oxygens (including phenoxy) is 1. The number of nitrogens with one attached hydrogen (secondary N) is 1. The van der Waals surface area contributed by atoms with E-state index in [4.69, 9.17) is 4.74 Å². The van der Waals surface area contributed by atoms with Crippen LogP contribution in [0.5, 0.6) is 0 Å². The van der Waals surface area contributed by atoms with Crippen molar-refractivity contribution in [1.29, 1.82) is 0 Å². The Bertz CT molecular complexity index is 240. The summed E-state index contributed by atoms with van der Waals surface area (Å²) in [5, 5.41) is 3.61. The van der Waals surface area contributed by atoms with Gasteiger partial charge in [-0.2, -0.15) is 0 Å². The molecule has 1 rings (SSSR count). The number of hydrogen-bond acceptors (Lipinski definition) is 3. The predicted octanol–water partition coefficient (Wildman–Crippen LogP) is 1.90. The molecule has 1 aliphatic rings. The molecule has 0 spiro atoms. The second kappa shape index (κ2) is 7.14. The molecule has 0 amide bonds. The van der Waals surface area contributed by atoms with Gasteiger partial charge in [0, 0.05) is 31.7 Å². The number of rotatable bonds is 6. The Morgan fingerprint density at radius 2 is 2.24 bits per heavy atom. The van der Waals surface area contributed by atoms with Crippen LogP contribution in [-0.4, -0.2) is 49.8 Å². The van der Waals surface area contributed by atoms with Crippen LogP contribution in [0.25, 0.3) is 0 Å². The van der Waals surface area contributed by atoms with Crippen LogP contribution in [0.4, 0.5) is 0 Å². The zero-order valence-corrected chi connectivity index (χ0v) is 11.8. The van der Waals surface area contributed by atoms with E-state index in [2.05, 4.69) is 37.6 Å². The second-order valence-electron chi connectivity index (χ2n) is 5.61. The fourth-order valence-corrected chi connectivity index (χ4v) is 2.13. The van der Waals surface area contributed by atoms with Gasteiger partial charge in [-0.1, -0.05) is 26.0 Å². The highest BCUT2D eigenvalue weighted by atomic mass is 16.5. The van der Waals surface area contributed by atoms with Crippen LogP contribution in [0.15, 0.2) is 12.2 Å². The largest absolute Gasteiger partial charge is 0.376 e. The van der Waals surface area contributed by atoms with Gasteiger partial charge in [0.15, 0.2) is 0 Å². The van der Waals surface area contributed by atoms with Crippen molar-refractivity contribution in [3.8, 4) is 0 Å². The highest BCUT2D eigenvalue weighted by molar-refractivity contribution is 4.88. The average molecular weight is 240 g/mol. The number of piperazine rings is 1. The van der Waals surface area contributed by atoms with E-state index in [-0.39, 0.29) is 0 Å². The van der Waals surface area contributed by atoms with E-state index in [0.717, 1.165) is 31.8 Å².